The first-order valence-corrected chi connectivity index (χ1v) is 14.6. The molecule has 0 radical (unpaired) electrons. The number of rotatable bonds is 12. The molecule has 0 saturated heterocycles. The minimum atomic E-state index is -0.233. The Morgan fingerprint density at radius 3 is 0.571 bits per heavy atom. The van der Waals surface area contributed by atoms with Crippen molar-refractivity contribution in [2.45, 2.75) is 27.7 Å². The zero-order valence-corrected chi connectivity index (χ0v) is 31.2. The van der Waals surface area contributed by atoms with E-state index in [4.69, 9.17) is 0 Å². The van der Waals surface area contributed by atoms with E-state index >= 15 is 0 Å². The molecule has 0 unspecified atom stereocenters. The standard InChI is InChI=1S/4C10H9O2.Hf/c4*1-8(11)7-10(12)9-5-3-2-4-6-9;/h4*2-7H,1H3;/q4*-1;+4. The second-order valence-corrected chi connectivity index (χ2v) is 9.94. The van der Waals surface area contributed by atoms with Crippen LogP contribution >= 0.6 is 0 Å². The summed E-state index contributed by atoms with van der Waals surface area (Å²) in [6.07, 6.45) is 4.37. The van der Waals surface area contributed by atoms with Crippen LogP contribution in [0.2, 0.25) is 0 Å². The van der Waals surface area contributed by atoms with Crippen LogP contribution in [0.15, 0.2) is 121 Å². The molecule has 49 heavy (non-hydrogen) atoms. The van der Waals surface area contributed by atoms with Crippen molar-refractivity contribution < 1.29 is 64.2 Å². The molecule has 0 N–H and O–H groups in total. The van der Waals surface area contributed by atoms with Gasteiger partial charge < -0.3 is 38.4 Å². The van der Waals surface area contributed by atoms with Gasteiger partial charge in [-0.05, 0) is 27.7 Å². The van der Waals surface area contributed by atoms with Crippen molar-refractivity contribution in [3.05, 3.63) is 169 Å². The molecule has 0 amide bonds. The number of carbonyl (C=O) groups excluding carboxylic acids is 8. The third-order valence-electron chi connectivity index (χ3n) is 5.57. The SMILES string of the molecule is CC(=O)[CH-]C(=O)c1ccccc1.CC(=O)[CH-]C(=O)c1ccccc1.CC(=O)[CH-]C(=O)c1ccccc1.CC(=O)[CH-]C(=O)c1ccccc1.[Hf+4]. The van der Waals surface area contributed by atoms with E-state index < -0.39 is 0 Å². The monoisotopic (exact) mass is 824 g/mol. The normalized spacial score (nSPS) is 8.90. The summed E-state index contributed by atoms with van der Waals surface area (Å²) in [5, 5.41) is 0. The van der Waals surface area contributed by atoms with E-state index in [0.717, 1.165) is 25.7 Å². The fraction of sp³-hybridized carbons (Fsp3) is 0.100. The topological polar surface area (TPSA) is 137 Å². The summed E-state index contributed by atoms with van der Waals surface area (Å²) in [6, 6.07) is 34.9. The van der Waals surface area contributed by atoms with Crippen LogP contribution < -0.4 is 0 Å². The number of benzene rings is 4. The first-order chi connectivity index (χ1) is 22.8. The van der Waals surface area contributed by atoms with Gasteiger partial charge in [-0.25, -0.2) is 0 Å². The van der Waals surface area contributed by atoms with E-state index in [0.29, 0.717) is 22.3 Å². The van der Waals surface area contributed by atoms with Crippen molar-refractivity contribution in [3.63, 3.8) is 0 Å². The fourth-order valence-corrected chi connectivity index (χ4v) is 3.48. The van der Waals surface area contributed by atoms with E-state index in [1.54, 1.807) is 97.1 Å². The molecule has 0 aliphatic rings. The van der Waals surface area contributed by atoms with Gasteiger partial charge in [0, 0.05) is 23.1 Å². The third kappa shape index (κ3) is 20.4. The largest absolute Gasteiger partial charge is 4.00 e. The number of hydrogen-bond donors (Lipinski definition) is 0. The summed E-state index contributed by atoms with van der Waals surface area (Å²) < 4.78 is 0. The Morgan fingerprint density at radius 1 is 0.306 bits per heavy atom. The summed E-state index contributed by atoms with van der Waals surface area (Å²) in [6.45, 7) is 5.45. The Morgan fingerprint density at radius 2 is 0.449 bits per heavy atom. The zero-order chi connectivity index (χ0) is 35.9. The quantitative estimate of drug-likeness (QED) is 0.0671. The van der Waals surface area contributed by atoms with Gasteiger partial charge >= 0.3 is 25.8 Å². The van der Waals surface area contributed by atoms with Crippen LogP contribution in [0.25, 0.3) is 0 Å². The Labute approximate surface area is 306 Å². The second kappa shape index (κ2) is 24.7. The van der Waals surface area contributed by atoms with Crippen molar-refractivity contribution in [3.8, 4) is 0 Å². The van der Waals surface area contributed by atoms with Gasteiger partial charge in [-0.3, -0.25) is 0 Å². The van der Waals surface area contributed by atoms with Gasteiger partial charge in [0.2, 0.25) is 0 Å². The molecule has 8 nitrogen and oxygen atoms in total. The van der Waals surface area contributed by atoms with Gasteiger partial charge in [0.1, 0.15) is 0 Å². The van der Waals surface area contributed by atoms with Crippen LogP contribution in [0.5, 0.6) is 0 Å². The van der Waals surface area contributed by atoms with Crippen molar-refractivity contribution in [1.29, 1.82) is 0 Å². The van der Waals surface area contributed by atoms with E-state index in [1.807, 2.05) is 24.3 Å². The molecule has 0 heterocycles. The number of Topliss-reactive ketones (excluding diaryl/α,β-unsaturated/α-hetero) is 8. The molecule has 0 aliphatic heterocycles. The van der Waals surface area contributed by atoms with Gasteiger partial charge in [-0.15, -0.1) is 96.5 Å². The van der Waals surface area contributed by atoms with E-state index in [9.17, 15) is 38.4 Å². The Kier molecular flexibility index (Phi) is 22.0. The van der Waals surface area contributed by atoms with E-state index in [-0.39, 0.29) is 72.1 Å². The first-order valence-electron chi connectivity index (χ1n) is 14.6. The Bertz CT molecular complexity index is 1410. The van der Waals surface area contributed by atoms with Crippen molar-refractivity contribution in [1.82, 2.24) is 0 Å². The van der Waals surface area contributed by atoms with Gasteiger partial charge in [0.05, 0.1) is 23.1 Å². The van der Waals surface area contributed by atoms with Crippen LogP contribution in [0.3, 0.4) is 0 Å². The molecule has 0 saturated carbocycles. The number of hydrogen-bond acceptors (Lipinski definition) is 8. The minimum Gasteiger partial charge on any atom is -0.331 e. The fourth-order valence-electron chi connectivity index (χ4n) is 3.48. The molecule has 0 fully saturated rings. The third-order valence-corrected chi connectivity index (χ3v) is 5.57. The molecule has 248 valence electrons. The molecule has 0 aromatic heterocycles. The molecule has 4 rings (SSSR count). The van der Waals surface area contributed by atoms with Crippen LogP contribution in [0.4, 0.5) is 0 Å². The predicted octanol–water partition coefficient (Wildman–Crippen LogP) is 6.65. The van der Waals surface area contributed by atoms with Crippen molar-refractivity contribution in [2.75, 3.05) is 0 Å². The molecule has 0 bridgehead atoms. The summed E-state index contributed by atoms with van der Waals surface area (Å²) in [7, 11) is 0. The maximum Gasteiger partial charge on any atom is 4.00 e. The second-order valence-electron chi connectivity index (χ2n) is 9.94. The molecule has 0 aliphatic carbocycles. The average molecular weight is 823 g/mol. The number of ketones is 8. The van der Waals surface area contributed by atoms with E-state index in [1.165, 1.54) is 27.7 Å². The molecule has 9 heteroatoms. The maximum absolute atomic E-state index is 11.2. The van der Waals surface area contributed by atoms with Gasteiger partial charge in [0.15, 0.2) is 0 Å². The predicted molar refractivity (Wildman–Crippen MR) is 183 cm³/mol. The minimum absolute atomic E-state index is 0. The summed E-state index contributed by atoms with van der Waals surface area (Å²) in [5.41, 5.74) is 2.20. The number of carbonyl (C=O) groups is 8. The Balaban J connectivity index is 0.000000623. The van der Waals surface area contributed by atoms with Gasteiger partial charge in [-0.1, -0.05) is 72.8 Å². The smallest absolute Gasteiger partial charge is 0.331 e. The van der Waals surface area contributed by atoms with Crippen LogP contribution in [0.1, 0.15) is 69.1 Å². The summed E-state index contributed by atoms with van der Waals surface area (Å²) in [4.78, 5) is 86.9. The zero-order valence-electron chi connectivity index (χ0n) is 27.6. The van der Waals surface area contributed by atoms with Crippen LogP contribution in [0, 0.1) is 25.7 Å². The molecular formula is C40H36HfO8. The van der Waals surface area contributed by atoms with Crippen molar-refractivity contribution >= 4 is 46.3 Å². The average Bonchev–Trinajstić information content (AvgIpc) is 3.06. The van der Waals surface area contributed by atoms with E-state index in [2.05, 4.69) is 0 Å². The summed E-state index contributed by atoms with van der Waals surface area (Å²) >= 11 is 0. The Hall–Kier alpha value is -5.41. The maximum atomic E-state index is 11.2. The van der Waals surface area contributed by atoms with Gasteiger partial charge in [-0.2, -0.15) is 0 Å². The van der Waals surface area contributed by atoms with Gasteiger partial charge in [0.25, 0.3) is 0 Å². The molecular weight excluding hydrogens is 787 g/mol. The van der Waals surface area contributed by atoms with Crippen molar-refractivity contribution in [2.24, 2.45) is 0 Å². The molecule has 4 aromatic carbocycles. The first kappa shape index (κ1) is 43.6. The molecule has 0 atom stereocenters. The summed E-state index contributed by atoms with van der Waals surface area (Å²) in [5.74, 6) is -1.81. The van der Waals surface area contributed by atoms with Crippen LogP contribution in [-0.4, -0.2) is 46.3 Å². The molecule has 0 spiro atoms. The molecule has 4 aromatic rings. The van der Waals surface area contributed by atoms with Crippen LogP contribution in [-0.2, 0) is 45.0 Å².